The second-order valence-electron chi connectivity index (χ2n) is 6.22. The normalized spacial score (nSPS) is 18.1. The van der Waals surface area contributed by atoms with Gasteiger partial charge in [-0.2, -0.15) is 0 Å². The molecule has 2 heteroatoms. The van der Waals surface area contributed by atoms with E-state index < -0.39 is 0 Å². The fraction of sp³-hybridized carbons (Fsp3) is 0.667. The van der Waals surface area contributed by atoms with Crippen molar-refractivity contribution in [3.63, 3.8) is 0 Å². The van der Waals surface area contributed by atoms with Crippen LogP contribution in [0.3, 0.4) is 0 Å². The molecular weight excluding hydrogens is 244 g/mol. The van der Waals surface area contributed by atoms with Crippen LogP contribution < -0.4 is 5.32 Å². The van der Waals surface area contributed by atoms with Crippen LogP contribution in [-0.4, -0.2) is 31.1 Å². The second kappa shape index (κ2) is 7.80. The molecule has 1 aromatic carbocycles. The van der Waals surface area contributed by atoms with Crippen molar-refractivity contribution in [2.75, 3.05) is 26.2 Å². The van der Waals surface area contributed by atoms with Gasteiger partial charge in [-0.1, -0.05) is 55.5 Å². The van der Waals surface area contributed by atoms with Gasteiger partial charge in [0.25, 0.3) is 0 Å². The van der Waals surface area contributed by atoms with Crippen LogP contribution in [0.1, 0.15) is 55.3 Å². The van der Waals surface area contributed by atoms with Gasteiger partial charge in [0.2, 0.25) is 0 Å². The van der Waals surface area contributed by atoms with Crippen molar-refractivity contribution in [1.82, 2.24) is 10.2 Å². The standard InChI is InChI=1S/C18H30N2/c1-4-5-6-7-18(20-10-8-19-9-11-20)17-13-15(2)12-16(3)14-17/h12-14,18-19H,4-11H2,1-3H3/t18-/m1/s1. The molecule has 1 aromatic rings. The smallest absolute Gasteiger partial charge is 0.0349 e. The molecule has 0 unspecified atom stereocenters. The highest BCUT2D eigenvalue weighted by Crippen LogP contribution is 2.28. The van der Waals surface area contributed by atoms with Crippen LogP contribution in [0.5, 0.6) is 0 Å². The Labute approximate surface area is 124 Å². The minimum absolute atomic E-state index is 0.613. The number of piperazine rings is 1. The van der Waals surface area contributed by atoms with Crippen molar-refractivity contribution in [3.8, 4) is 0 Å². The van der Waals surface area contributed by atoms with E-state index in [9.17, 15) is 0 Å². The Morgan fingerprint density at radius 1 is 1.05 bits per heavy atom. The van der Waals surface area contributed by atoms with Gasteiger partial charge in [-0.3, -0.25) is 4.90 Å². The van der Waals surface area contributed by atoms with E-state index in [1.54, 1.807) is 0 Å². The summed E-state index contributed by atoms with van der Waals surface area (Å²) in [5.41, 5.74) is 4.33. The summed E-state index contributed by atoms with van der Waals surface area (Å²) in [4.78, 5) is 2.68. The first-order valence-corrected chi connectivity index (χ1v) is 8.23. The van der Waals surface area contributed by atoms with Crippen molar-refractivity contribution >= 4 is 0 Å². The van der Waals surface area contributed by atoms with Gasteiger partial charge in [-0.05, 0) is 25.8 Å². The lowest BCUT2D eigenvalue weighted by atomic mass is 9.95. The predicted octanol–water partition coefficient (Wildman–Crippen LogP) is 3.83. The van der Waals surface area contributed by atoms with E-state index in [4.69, 9.17) is 0 Å². The van der Waals surface area contributed by atoms with E-state index in [-0.39, 0.29) is 0 Å². The molecule has 0 saturated carbocycles. The van der Waals surface area contributed by atoms with Crippen LogP contribution >= 0.6 is 0 Å². The van der Waals surface area contributed by atoms with Crippen LogP contribution in [0.4, 0.5) is 0 Å². The highest BCUT2D eigenvalue weighted by molar-refractivity contribution is 5.30. The van der Waals surface area contributed by atoms with Crippen molar-refractivity contribution in [2.45, 2.75) is 52.5 Å². The molecule has 20 heavy (non-hydrogen) atoms. The Bertz CT molecular complexity index is 388. The lowest BCUT2D eigenvalue weighted by molar-refractivity contribution is 0.162. The van der Waals surface area contributed by atoms with Gasteiger partial charge in [0.15, 0.2) is 0 Å². The number of nitrogens with zero attached hydrogens (tertiary/aromatic N) is 1. The molecule has 0 aromatic heterocycles. The average Bonchev–Trinajstić information content (AvgIpc) is 2.43. The number of hydrogen-bond acceptors (Lipinski definition) is 2. The summed E-state index contributed by atoms with van der Waals surface area (Å²) in [6.07, 6.45) is 5.31. The van der Waals surface area contributed by atoms with Crippen LogP contribution in [0.15, 0.2) is 18.2 Å². The Kier molecular flexibility index (Phi) is 6.06. The van der Waals surface area contributed by atoms with Gasteiger partial charge in [-0.15, -0.1) is 0 Å². The van der Waals surface area contributed by atoms with E-state index in [1.807, 2.05) is 0 Å². The van der Waals surface area contributed by atoms with Crippen LogP contribution in [0.2, 0.25) is 0 Å². The quantitative estimate of drug-likeness (QED) is 0.793. The summed E-state index contributed by atoms with van der Waals surface area (Å²) in [5, 5.41) is 3.47. The molecule has 112 valence electrons. The Balaban J connectivity index is 2.15. The molecule has 1 heterocycles. The third-order valence-corrected chi connectivity index (χ3v) is 4.30. The summed E-state index contributed by atoms with van der Waals surface area (Å²) in [6.45, 7) is 11.4. The van der Waals surface area contributed by atoms with E-state index >= 15 is 0 Å². The number of nitrogens with one attached hydrogen (secondary N) is 1. The molecule has 1 fully saturated rings. The van der Waals surface area contributed by atoms with E-state index in [0.717, 1.165) is 13.1 Å². The SMILES string of the molecule is CCCCC[C@H](c1cc(C)cc(C)c1)N1CCNCC1. The minimum Gasteiger partial charge on any atom is -0.314 e. The zero-order valence-electron chi connectivity index (χ0n) is 13.4. The fourth-order valence-corrected chi connectivity index (χ4v) is 3.34. The summed E-state index contributed by atoms with van der Waals surface area (Å²) < 4.78 is 0. The first-order chi connectivity index (χ1) is 9.70. The first kappa shape index (κ1) is 15.5. The predicted molar refractivity (Wildman–Crippen MR) is 87.2 cm³/mol. The molecular formula is C18H30N2. The second-order valence-corrected chi connectivity index (χ2v) is 6.22. The molecule has 0 aliphatic carbocycles. The molecule has 1 N–H and O–H groups in total. The summed E-state index contributed by atoms with van der Waals surface area (Å²) in [7, 11) is 0. The molecule has 1 saturated heterocycles. The maximum Gasteiger partial charge on any atom is 0.0349 e. The number of benzene rings is 1. The van der Waals surface area contributed by atoms with Crippen molar-refractivity contribution < 1.29 is 0 Å². The number of aryl methyl sites for hydroxylation is 2. The summed E-state index contributed by atoms with van der Waals surface area (Å²) >= 11 is 0. The maximum atomic E-state index is 3.47. The van der Waals surface area contributed by atoms with E-state index in [2.05, 4.69) is 49.2 Å². The number of rotatable bonds is 6. The Morgan fingerprint density at radius 3 is 2.30 bits per heavy atom. The van der Waals surface area contributed by atoms with Crippen molar-refractivity contribution in [3.05, 3.63) is 34.9 Å². The van der Waals surface area contributed by atoms with Gasteiger partial charge in [0.05, 0.1) is 0 Å². The lowest BCUT2D eigenvalue weighted by Gasteiger charge is -2.35. The molecule has 2 rings (SSSR count). The maximum absolute atomic E-state index is 3.47. The van der Waals surface area contributed by atoms with Gasteiger partial charge < -0.3 is 5.32 Å². The number of unbranched alkanes of at least 4 members (excludes halogenated alkanes) is 2. The largest absolute Gasteiger partial charge is 0.314 e. The molecule has 0 bridgehead atoms. The van der Waals surface area contributed by atoms with E-state index in [1.165, 1.54) is 55.5 Å². The van der Waals surface area contributed by atoms with Crippen molar-refractivity contribution in [2.24, 2.45) is 0 Å². The third kappa shape index (κ3) is 4.32. The third-order valence-electron chi connectivity index (χ3n) is 4.30. The van der Waals surface area contributed by atoms with Gasteiger partial charge in [0.1, 0.15) is 0 Å². The molecule has 1 aliphatic heterocycles. The fourth-order valence-electron chi connectivity index (χ4n) is 3.34. The first-order valence-electron chi connectivity index (χ1n) is 8.23. The topological polar surface area (TPSA) is 15.3 Å². The van der Waals surface area contributed by atoms with Crippen LogP contribution in [-0.2, 0) is 0 Å². The van der Waals surface area contributed by atoms with Gasteiger partial charge in [0, 0.05) is 32.2 Å². The molecule has 2 nitrogen and oxygen atoms in total. The van der Waals surface area contributed by atoms with Crippen LogP contribution in [0.25, 0.3) is 0 Å². The van der Waals surface area contributed by atoms with Crippen LogP contribution in [0, 0.1) is 13.8 Å². The lowest BCUT2D eigenvalue weighted by Crippen LogP contribution is -2.45. The summed E-state index contributed by atoms with van der Waals surface area (Å²) in [6, 6.07) is 7.68. The van der Waals surface area contributed by atoms with E-state index in [0.29, 0.717) is 6.04 Å². The zero-order chi connectivity index (χ0) is 14.4. The molecule has 0 radical (unpaired) electrons. The van der Waals surface area contributed by atoms with Gasteiger partial charge in [-0.25, -0.2) is 0 Å². The summed E-state index contributed by atoms with van der Waals surface area (Å²) in [5.74, 6) is 0. The molecule has 1 atom stereocenters. The number of hydrogen-bond donors (Lipinski definition) is 1. The molecule has 0 amide bonds. The molecule has 1 aliphatic rings. The minimum atomic E-state index is 0.613. The Morgan fingerprint density at radius 2 is 1.70 bits per heavy atom. The highest BCUT2D eigenvalue weighted by Gasteiger charge is 2.21. The monoisotopic (exact) mass is 274 g/mol. The van der Waals surface area contributed by atoms with Gasteiger partial charge >= 0.3 is 0 Å². The average molecular weight is 274 g/mol. The zero-order valence-corrected chi connectivity index (χ0v) is 13.4. The Hall–Kier alpha value is -0.860. The molecule has 0 spiro atoms. The van der Waals surface area contributed by atoms with Crippen molar-refractivity contribution in [1.29, 1.82) is 0 Å². The highest BCUT2D eigenvalue weighted by atomic mass is 15.2.